The highest BCUT2D eigenvalue weighted by atomic mass is 32.1. The molecule has 0 saturated heterocycles. The Hall–Kier alpha value is -1.89. The number of carbonyl (C=O) groups excluding carboxylic acids is 1. The van der Waals surface area contributed by atoms with Crippen molar-refractivity contribution < 1.29 is 9.53 Å². The van der Waals surface area contributed by atoms with E-state index in [4.69, 9.17) is 34.9 Å². The second-order valence-electron chi connectivity index (χ2n) is 4.09. The number of ether oxygens (including phenoxy) is 1. The van der Waals surface area contributed by atoms with Crippen LogP contribution >= 0.6 is 48.4 Å². The van der Waals surface area contributed by atoms with E-state index in [1.165, 1.54) is 24.0 Å². The van der Waals surface area contributed by atoms with Crippen LogP contribution in [-0.2, 0) is 4.74 Å². The number of nitrogens with two attached hydrogens (primary N) is 1. The summed E-state index contributed by atoms with van der Waals surface area (Å²) in [5, 5.41) is 0.754. The van der Waals surface area contributed by atoms with Crippen molar-refractivity contribution in [2.45, 2.75) is 11.9 Å². The number of thiol groups is 1. The fraction of sp³-hybridized carbons (Fsp3) is 0.167. The Morgan fingerprint density at radius 2 is 2.00 bits per heavy atom. The molecule has 4 N–H and O–H groups in total. The summed E-state index contributed by atoms with van der Waals surface area (Å²) in [5.41, 5.74) is 6.38. The van der Waals surface area contributed by atoms with Gasteiger partial charge in [0.1, 0.15) is 24.7 Å². The van der Waals surface area contributed by atoms with Crippen molar-refractivity contribution in [3.8, 4) is 0 Å². The van der Waals surface area contributed by atoms with Crippen LogP contribution in [0.3, 0.4) is 0 Å². The Labute approximate surface area is 155 Å². The van der Waals surface area contributed by atoms with Gasteiger partial charge in [0.15, 0.2) is 0 Å². The fourth-order valence-corrected chi connectivity index (χ4v) is 2.91. The van der Waals surface area contributed by atoms with Crippen LogP contribution in [-0.4, -0.2) is 37.5 Å². The summed E-state index contributed by atoms with van der Waals surface area (Å²) in [7, 11) is 0. The first kappa shape index (κ1) is 18.4. The number of rotatable bonds is 2. The molecule has 0 bridgehead atoms. The molecule has 3 rings (SSSR count). The summed E-state index contributed by atoms with van der Waals surface area (Å²) in [6, 6.07) is 0. The number of nitrogen functional groups attached to an aromatic ring is 1. The highest BCUT2D eigenvalue weighted by Crippen LogP contribution is 2.20. The zero-order valence-electron chi connectivity index (χ0n) is 12.3. The van der Waals surface area contributed by atoms with Crippen molar-refractivity contribution in [3.05, 3.63) is 26.9 Å². The lowest BCUT2D eigenvalue weighted by atomic mass is 10.6. The van der Waals surface area contributed by atoms with E-state index in [1.807, 2.05) is 0 Å². The van der Waals surface area contributed by atoms with Crippen molar-refractivity contribution in [2.24, 2.45) is 0 Å². The number of hydrogen-bond acceptors (Lipinski definition) is 10. The van der Waals surface area contributed by atoms with Gasteiger partial charge in [-0.1, -0.05) is 35.8 Å². The van der Waals surface area contributed by atoms with Crippen molar-refractivity contribution in [3.63, 3.8) is 0 Å². The number of esters is 1. The molecule has 8 nitrogen and oxygen atoms in total. The van der Waals surface area contributed by atoms with Crippen LogP contribution in [0.5, 0.6) is 0 Å². The molecule has 0 fully saturated rings. The summed E-state index contributed by atoms with van der Waals surface area (Å²) in [6.45, 7) is 2.07. The number of nitrogens with one attached hydrogen (secondary N) is 2. The SMILES string of the molecule is CCOC(=O)c1nc2c(=S)[nH]cnc2s1.Nc1c(S)nc[nH]c1=S. The van der Waals surface area contributed by atoms with E-state index in [1.54, 1.807) is 6.92 Å². The predicted molar refractivity (Wildman–Crippen MR) is 99.6 cm³/mol. The maximum Gasteiger partial charge on any atom is 0.367 e. The van der Waals surface area contributed by atoms with Gasteiger partial charge in [0.2, 0.25) is 5.01 Å². The molecule has 0 aliphatic carbocycles. The minimum atomic E-state index is -0.435. The van der Waals surface area contributed by atoms with Gasteiger partial charge in [-0.3, -0.25) is 0 Å². The zero-order chi connectivity index (χ0) is 17.7. The van der Waals surface area contributed by atoms with Crippen LogP contribution in [0, 0.1) is 9.28 Å². The second-order valence-corrected chi connectivity index (χ2v) is 6.31. The molecular formula is C12H12N6O2S4. The molecule has 0 unspecified atom stereocenters. The molecule has 0 saturated carbocycles. The first-order valence-electron chi connectivity index (χ1n) is 6.47. The lowest BCUT2D eigenvalue weighted by Gasteiger charge is -1.94. The van der Waals surface area contributed by atoms with Crippen LogP contribution in [0.1, 0.15) is 16.7 Å². The molecule has 0 spiro atoms. The van der Waals surface area contributed by atoms with Crippen LogP contribution in [0.2, 0.25) is 0 Å². The Kier molecular flexibility index (Phi) is 6.36. The number of carbonyl (C=O) groups is 1. The van der Waals surface area contributed by atoms with E-state index >= 15 is 0 Å². The highest BCUT2D eigenvalue weighted by Gasteiger charge is 2.14. The van der Waals surface area contributed by atoms with Crippen LogP contribution in [0.25, 0.3) is 10.3 Å². The van der Waals surface area contributed by atoms with E-state index in [2.05, 4.69) is 37.5 Å². The topological polar surface area (TPSA) is 123 Å². The van der Waals surface area contributed by atoms with Gasteiger partial charge in [0.05, 0.1) is 24.9 Å². The van der Waals surface area contributed by atoms with Gasteiger partial charge >= 0.3 is 5.97 Å². The molecule has 24 heavy (non-hydrogen) atoms. The third-order valence-electron chi connectivity index (χ3n) is 2.52. The lowest BCUT2D eigenvalue weighted by Crippen LogP contribution is -2.03. The van der Waals surface area contributed by atoms with Gasteiger partial charge < -0.3 is 20.4 Å². The van der Waals surface area contributed by atoms with Crippen molar-refractivity contribution >= 4 is 70.4 Å². The van der Waals surface area contributed by atoms with Gasteiger partial charge in [-0.25, -0.2) is 19.7 Å². The molecule has 3 aromatic heterocycles. The number of hydrogen-bond donors (Lipinski definition) is 4. The molecule has 3 aromatic rings. The third kappa shape index (κ3) is 4.35. The molecule has 0 aromatic carbocycles. The number of aromatic nitrogens is 5. The Morgan fingerprint density at radius 1 is 1.33 bits per heavy atom. The van der Waals surface area contributed by atoms with E-state index in [9.17, 15) is 4.79 Å². The van der Waals surface area contributed by atoms with E-state index in [0.29, 0.717) is 36.9 Å². The van der Waals surface area contributed by atoms with Gasteiger partial charge in [0, 0.05) is 0 Å². The van der Waals surface area contributed by atoms with Crippen LogP contribution in [0.15, 0.2) is 17.7 Å². The maximum atomic E-state index is 11.4. The van der Waals surface area contributed by atoms with Gasteiger partial charge in [-0.05, 0) is 6.92 Å². The van der Waals surface area contributed by atoms with Crippen molar-refractivity contribution in [2.75, 3.05) is 12.3 Å². The minimum absolute atomic E-state index is 0.282. The van der Waals surface area contributed by atoms with Gasteiger partial charge in [0.25, 0.3) is 0 Å². The first-order chi connectivity index (χ1) is 11.4. The third-order valence-corrected chi connectivity index (χ3v) is 4.47. The summed E-state index contributed by atoms with van der Waals surface area (Å²) < 4.78 is 5.79. The average molecular weight is 401 g/mol. The minimum Gasteiger partial charge on any atom is -0.461 e. The number of fused-ring (bicyclic) bond motifs is 1. The number of aromatic amines is 2. The monoisotopic (exact) mass is 400 g/mol. The van der Waals surface area contributed by atoms with Crippen LogP contribution < -0.4 is 5.73 Å². The van der Waals surface area contributed by atoms with E-state index < -0.39 is 5.97 Å². The molecule has 0 amide bonds. The molecule has 3 heterocycles. The maximum absolute atomic E-state index is 11.4. The highest BCUT2D eigenvalue weighted by molar-refractivity contribution is 7.80. The second kappa shape index (κ2) is 8.28. The van der Waals surface area contributed by atoms with Crippen LogP contribution in [0.4, 0.5) is 5.69 Å². The summed E-state index contributed by atoms with van der Waals surface area (Å²) in [4.78, 5) is 29.3. The molecular weight excluding hydrogens is 388 g/mol. The normalized spacial score (nSPS) is 10.1. The lowest BCUT2D eigenvalue weighted by molar-refractivity contribution is 0.0526. The molecule has 0 aliphatic heterocycles. The molecule has 0 radical (unpaired) electrons. The standard InChI is InChI=1S/C8H7N3O2S2.C4H5N3S2/c1-2-13-8(12)7-11-4-5(14)9-3-10-6(4)15-7;5-2-3(8)6-1-7-4(2)9/h3H,2H2,1H3,(H,9,10,14);1H,5H2,(H2,6,7,8,9). The molecule has 12 heteroatoms. The number of anilines is 1. The quantitative estimate of drug-likeness (QED) is 0.224. The molecule has 126 valence electrons. The van der Waals surface area contributed by atoms with Crippen molar-refractivity contribution in [1.29, 1.82) is 0 Å². The average Bonchev–Trinajstić information content (AvgIpc) is 2.99. The predicted octanol–water partition coefficient (Wildman–Crippen LogP) is 2.94. The Morgan fingerprint density at radius 3 is 2.58 bits per heavy atom. The van der Waals surface area contributed by atoms with Crippen molar-refractivity contribution in [1.82, 2.24) is 24.9 Å². The number of nitrogens with zero attached hydrogens (tertiary/aromatic N) is 3. The fourth-order valence-electron chi connectivity index (χ4n) is 1.45. The van der Waals surface area contributed by atoms with Gasteiger partial charge in [-0.15, -0.1) is 12.6 Å². The summed E-state index contributed by atoms with van der Waals surface area (Å²) >= 11 is 14.9. The van der Waals surface area contributed by atoms with E-state index in [-0.39, 0.29) is 5.01 Å². The first-order valence-corrected chi connectivity index (χ1v) is 8.55. The van der Waals surface area contributed by atoms with Gasteiger partial charge in [-0.2, -0.15) is 0 Å². The molecule has 0 atom stereocenters. The largest absolute Gasteiger partial charge is 0.461 e. The summed E-state index contributed by atoms with van der Waals surface area (Å²) in [6.07, 6.45) is 2.94. The Balaban J connectivity index is 0.000000198. The smallest absolute Gasteiger partial charge is 0.367 e. The zero-order valence-corrected chi connectivity index (χ0v) is 15.6. The number of H-pyrrole nitrogens is 2. The van der Waals surface area contributed by atoms with E-state index in [0.717, 1.165) is 0 Å². The number of thiazole rings is 1. The summed E-state index contributed by atoms with van der Waals surface area (Å²) in [5.74, 6) is -0.435. The Bertz CT molecular complexity index is 979. The molecule has 0 aliphatic rings.